The van der Waals surface area contributed by atoms with E-state index in [1.54, 1.807) is 4.90 Å². The largest absolute Gasteiger partial charge is 0.444 e. The molecule has 2 amide bonds. The van der Waals surface area contributed by atoms with Crippen LogP contribution in [0.15, 0.2) is 72.8 Å². The second kappa shape index (κ2) is 10.3. The predicted molar refractivity (Wildman–Crippen MR) is 147 cm³/mol. The Hall–Kier alpha value is -3.84. The summed E-state index contributed by atoms with van der Waals surface area (Å²) < 4.78 is 5.56. The maximum Gasteiger partial charge on any atom is 0.410 e. The summed E-state index contributed by atoms with van der Waals surface area (Å²) in [5.74, 6) is -0.0798. The Morgan fingerprint density at radius 3 is 2.19 bits per heavy atom. The predicted octanol–water partition coefficient (Wildman–Crippen LogP) is 5.19. The SMILES string of the molecule is CC(C)(C)OC(=O)N1CCN(c2ccc(-c3ccccc3)c3c2NC(=O)[C@H](c2ccccc2)NC3)CC1. The van der Waals surface area contributed by atoms with Gasteiger partial charge in [-0.1, -0.05) is 66.7 Å². The molecule has 0 aromatic heterocycles. The molecule has 0 bridgehead atoms. The average Bonchev–Trinajstić information content (AvgIpc) is 3.07. The number of carbonyl (C=O) groups is 2. The van der Waals surface area contributed by atoms with Gasteiger partial charge in [0, 0.05) is 32.7 Å². The van der Waals surface area contributed by atoms with E-state index in [9.17, 15) is 9.59 Å². The Labute approximate surface area is 218 Å². The minimum Gasteiger partial charge on any atom is -0.444 e. The molecule has 2 aliphatic rings. The number of ether oxygens (including phenoxy) is 1. The summed E-state index contributed by atoms with van der Waals surface area (Å²) in [6.45, 7) is 8.61. The molecule has 0 saturated carbocycles. The van der Waals surface area contributed by atoms with Crippen LogP contribution in [0.5, 0.6) is 0 Å². The molecular formula is C30H34N4O3. The summed E-state index contributed by atoms with van der Waals surface area (Å²) in [5.41, 5.74) is 5.48. The van der Waals surface area contributed by atoms with Gasteiger partial charge in [0.25, 0.3) is 0 Å². The molecule has 0 spiro atoms. The zero-order chi connectivity index (χ0) is 26.0. The number of nitrogens with one attached hydrogen (secondary N) is 2. The molecule has 0 radical (unpaired) electrons. The van der Waals surface area contributed by atoms with Gasteiger partial charge in [0.05, 0.1) is 11.4 Å². The Bertz CT molecular complexity index is 1260. The molecule has 1 atom stereocenters. The van der Waals surface area contributed by atoms with Crippen molar-refractivity contribution in [3.63, 3.8) is 0 Å². The Balaban J connectivity index is 1.45. The fourth-order valence-corrected chi connectivity index (χ4v) is 4.97. The van der Waals surface area contributed by atoms with E-state index in [4.69, 9.17) is 4.74 Å². The van der Waals surface area contributed by atoms with Crippen LogP contribution >= 0.6 is 0 Å². The van der Waals surface area contributed by atoms with Crippen molar-refractivity contribution in [2.45, 2.75) is 39.0 Å². The minimum absolute atomic E-state index is 0.0798. The van der Waals surface area contributed by atoms with Crippen LogP contribution in [0.25, 0.3) is 11.1 Å². The number of hydrogen-bond acceptors (Lipinski definition) is 5. The van der Waals surface area contributed by atoms with Gasteiger partial charge in [-0.25, -0.2) is 4.79 Å². The lowest BCUT2D eigenvalue weighted by atomic mass is 9.96. The molecule has 3 aromatic carbocycles. The molecule has 192 valence electrons. The first-order valence-electron chi connectivity index (χ1n) is 12.8. The van der Waals surface area contributed by atoms with Crippen molar-refractivity contribution < 1.29 is 14.3 Å². The first-order valence-corrected chi connectivity index (χ1v) is 12.8. The van der Waals surface area contributed by atoms with Crippen molar-refractivity contribution in [3.05, 3.63) is 83.9 Å². The van der Waals surface area contributed by atoms with E-state index in [0.717, 1.165) is 33.6 Å². The van der Waals surface area contributed by atoms with E-state index in [1.807, 2.05) is 69.3 Å². The van der Waals surface area contributed by atoms with Crippen LogP contribution in [0.3, 0.4) is 0 Å². The molecule has 37 heavy (non-hydrogen) atoms. The summed E-state index contributed by atoms with van der Waals surface area (Å²) >= 11 is 0. The summed E-state index contributed by atoms with van der Waals surface area (Å²) in [6.07, 6.45) is -0.284. The lowest BCUT2D eigenvalue weighted by molar-refractivity contribution is -0.118. The fraction of sp³-hybridized carbons (Fsp3) is 0.333. The van der Waals surface area contributed by atoms with E-state index < -0.39 is 11.6 Å². The first-order chi connectivity index (χ1) is 17.8. The molecule has 7 heteroatoms. The number of anilines is 2. The molecule has 5 rings (SSSR count). The van der Waals surface area contributed by atoms with Crippen molar-refractivity contribution in [3.8, 4) is 11.1 Å². The maximum absolute atomic E-state index is 13.5. The van der Waals surface area contributed by atoms with Gasteiger partial charge in [-0.15, -0.1) is 0 Å². The lowest BCUT2D eigenvalue weighted by Gasteiger charge is -2.37. The molecule has 3 aromatic rings. The number of benzene rings is 3. The van der Waals surface area contributed by atoms with Crippen LogP contribution in [0.1, 0.15) is 37.9 Å². The summed E-state index contributed by atoms with van der Waals surface area (Å²) in [6, 6.07) is 23.8. The quantitative estimate of drug-likeness (QED) is 0.520. The third-order valence-corrected chi connectivity index (χ3v) is 6.77. The molecule has 0 aliphatic carbocycles. The highest BCUT2D eigenvalue weighted by molar-refractivity contribution is 6.01. The van der Waals surface area contributed by atoms with Gasteiger partial charge in [0.1, 0.15) is 11.6 Å². The second-order valence-corrected chi connectivity index (χ2v) is 10.5. The average molecular weight is 499 g/mol. The maximum atomic E-state index is 13.5. The van der Waals surface area contributed by atoms with Crippen molar-refractivity contribution >= 4 is 23.4 Å². The van der Waals surface area contributed by atoms with Gasteiger partial charge in [0.15, 0.2) is 0 Å². The van der Waals surface area contributed by atoms with Gasteiger partial charge in [-0.2, -0.15) is 0 Å². The Morgan fingerprint density at radius 2 is 1.54 bits per heavy atom. The summed E-state index contributed by atoms with van der Waals surface area (Å²) in [4.78, 5) is 30.0. The Kier molecular flexibility index (Phi) is 6.89. The molecule has 0 unspecified atom stereocenters. The zero-order valence-corrected chi connectivity index (χ0v) is 21.7. The van der Waals surface area contributed by atoms with E-state index >= 15 is 0 Å². The van der Waals surface area contributed by atoms with Crippen LogP contribution < -0.4 is 15.5 Å². The van der Waals surface area contributed by atoms with Crippen LogP contribution in [-0.2, 0) is 16.1 Å². The summed E-state index contributed by atoms with van der Waals surface area (Å²) in [5, 5.41) is 6.75. The lowest BCUT2D eigenvalue weighted by Crippen LogP contribution is -2.50. The molecule has 2 heterocycles. The van der Waals surface area contributed by atoms with E-state index in [-0.39, 0.29) is 12.0 Å². The van der Waals surface area contributed by atoms with E-state index in [1.165, 1.54) is 0 Å². The fourth-order valence-electron chi connectivity index (χ4n) is 4.97. The molecule has 2 N–H and O–H groups in total. The molecule has 2 aliphatic heterocycles. The smallest absolute Gasteiger partial charge is 0.410 e. The van der Waals surface area contributed by atoms with Crippen molar-refractivity contribution in [2.75, 3.05) is 36.4 Å². The monoisotopic (exact) mass is 498 g/mol. The van der Waals surface area contributed by atoms with Crippen LogP contribution in [-0.4, -0.2) is 48.7 Å². The van der Waals surface area contributed by atoms with Crippen LogP contribution in [0.4, 0.5) is 16.2 Å². The van der Waals surface area contributed by atoms with Gasteiger partial charge in [-0.3, -0.25) is 10.1 Å². The van der Waals surface area contributed by atoms with Crippen LogP contribution in [0.2, 0.25) is 0 Å². The molecular weight excluding hydrogens is 464 g/mol. The first kappa shape index (κ1) is 24.8. The number of rotatable bonds is 3. The molecule has 1 fully saturated rings. The highest BCUT2D eigenvalue weighted by Gasteiger charge is 2.31. The van der Waals surface area contributed by atoms with Crippen molar-refractivity contribution in [2.24, 2.45) is 0 Å². The highest BCUT2D eigenvalue weighted by atomic mass is 16.6. The van der Waals surface area contributed by atoms with Gasteiger partial charge in [-0.05, 0) is 49.1 Å². The van der Waals surface area contributed by atoms with Gasteiger partial charge < -0.3 is 19.9 Å². The third kappa shape index (κ3) is 5.47. The number of amides is 2. The molecule has 1 saturated heterocycles. The number of nitrogens with zero attached hydrogens (tertiary/aromatic N) is 2. The zero-order valence-electron chi connectivity index (χ0n) is 21.7. The van der Waals surface area contributed by atoms with E-state index in [0.29, 0.717) is 32.7 Å². The van der Waals surface area contributed by atoms with Crippen molar-refractivity contribution in [1.82, 2.24) is 10.2 Å². The third-order valence-electron chi connectivity index (χ3n) is 6.77. The number of hydrogen-bond donors (Lipinski definition) is 2. The molecule has 7 nitrogen and oxygen atoms in total. The van der Waals surface area contributed by atoms with E-state index in [2.05, 4.69) is 39.8 Å². The summed E-state index contributed by atoms with van der Waals surface area (Å²) in [7, 11) is 0. The normalized spacial score (nSPS) is 18.0. The minimum atomic E-state index is -0.522. The van der Waals surface area contributed by atoms with Gasteiger partial charge in [0.2, 0.25) is 5.91 Å². The second-order valence-electron chi connectivity index (χ2n) is 10.5. The van der Waals surface area contributed by atoms with Crippen molar-refractivity contribution in [1.29, 1.82) is 0 Å². The standard InChI is InChI=1S/C30H34N4O3/c1-30(2,3)37-29(36)34-18-16-33(17-19-34)25-15-14-23(21-10-6-4-7-11-21)24-20-31-26(28(35)32-27(24)25)22-12-8-5-9-13-22/h4-15,26,31H,16-20H2,1-3H3,(H,32,35)/t26-/m0/s1. The Morgan fingerprint density at radius 1 is 0.892 bits per heavy atom. The number of carbonyl (C=O) groups excluding carboxylic acids is 2. The van der Waals surface area contributed by atoms with Crippen LogP contribution in [0, 0.1) is 0 Å². The number of piperazine rings is 1. The number of fused-ring (bicyclic) bond motifs is 1. The van der Waals surface area contributed by atoms with Gasteiger partial charge >= 0.3 is 6.09 Å². The topological polar surface area (TPSA) is 73.9 Å². The highest BCUT2D eigenvalue weighted by Crippen LogP contribution is 2.39.